The van der Waals surface area contributed by atoms with E-state index in [0.29, 0.717) is 6.42 Å². The van der Waals surface area contributed by atoms with Gasteiger partial charge in [0.15, 0.2) is 0 Å². The lowest BCUT2D eigenvalue weighted by Gasteiger charge is -2.21. The molecule has 1 aromatic carbocycles. The Hall–Kier alpha value is -1.35. The Bertz CT molecular complexity index is 443. The first-order chi connectivity index (χ1) is 8.79. The van der Waals surface area contributed by atoms with Crippen LogP contribution in [0.25, 0.3) is 0 Å². The van der Waals surface area contributed by atoms with Crippen molar-refractivity contribution in [2.24, 2.45) is 5.92 Å². The van der Waals surface area contributed by atoms with Crippen molar-refractivity contribution in [3.8, 4) is 0 Å². The molecule has 3 nitrogen and oxygen atoms in total. The van der Waals surface area contributed by atoms with Gasteiger partial charge in [-0.2, -0.15) is 0 Å². The number of amides is 1. The molecule has 0 aliphatic heterocycles. The quantitative estimate of drug-likeness (QED) is 0.876. The molecule has 0 aliphatic rings. The Morgan fingerprint density at radius 1 is 1.37 bits per heavy atom. The summed E-state index contributed by atoms with van der Waals surface area (Å²) in [6.07, 6.45) is 0.640. The average molecular weight is 263 g/mol. The molecular weight excluding hydrogens is 238 g/mol. The molecule has 0 aliphatic carbocycles. The third-order valence-corrected chi connectivity index (χ3v) is 3.43. The first-order valence-electron chi connectivity index (χ1n) is 6.82. The highest BCUT2D eigenvalue weighted by Crippen LogP contribution is 2.26. The monoisotopic (exact) mass is 263 g/mol. The van der Waals surface area contributed by atoms with Crippen molar-refractivity contribution in [3.63, 3.8) is 0 Å². The summed E-state index contributed by atoms with van der Waals surface area (Å²) in [4.78, 5) is 11.9. The molecular formula is C16H25NO2. The maximum Gasteiger partial charge on any atom is 0.229 e. The number of aliphatic hydroxyl groups is 1. The van der Waals surface area contributed by atoms with Gasteiger partial charge < -0.3 is 10.4 Å². The lowest BCUT2D eigenvalue weighted by Crippen LogP contribution is -2.25. The second-order valence-corrected chi connectivity index (χ2v) is 6.06. The van der Waals surface area contributed by atoms with Crippen molar-refractivity contribution in [2.75, 3.05) is 11.9 Å². The smallest absolute Gasteiger partial charge is 0.229 e. The van der Waals surface area contributed by atoms with E-state index >= 15 is 0 Å². The first kappa shape index (κ1) is 15.7. The van der Waals surface area contributed by atoms with E-state index in [2.05, 4.69) is 32.2 Å². The molecule has 0 heterocycles. The molecule has 0 saturated heterocycles. The third kappa shape index (κ3) is 4.06. The maximum atomic E-state index is 11.9. The summed E-state index contributed by atoms with van der Waals surface area (Å²) >= 11 is 0. The number of benzene rings is 1. The Kier molecular flexibility index (Phi) is 5.12. The Balaban J connectivity index is 2.89. The van der Waals surface area contributed by atoms with E-state index in [0.717, 1.165) is 11.3 Å². The standard InChI is InChI=1S/C16H25NO2/c1-6-12(10-18)15(19)17-14-8-7-13(9-11(14)2)16(3,4)5/h7-9,12,18H,6,10H2,1-5H3,(H,17,19). The molecule has 0 bridgehead atoms. The molecule has 0 spiro atoms. The van der Waals surface area contributed by atoms with Crippen molar-refractivity contribution in [3.05, 3.63) is 29.3 Å². The molecule has 0 saturated carbocycles. The molecule has 0 fully saturated rings. The minimum Gasteiger partial charge on any atom is -0.396 e. The van der Waals surface area contributed by atoms with Gasteiger partial charge in [-0.1, -0.05) is 39.8 Å². The van der Waals surface area contributed by atoms with E-state index in [1.54, 1.807) is 0 Å². The molecule has 1 rings (SSSR count). The topological polar surface area (TPSA) is 49.3 Å². The van der Waals surface area contributed by atoms with Gasteiger partial charge in [-0.25, -0.2) is 0 Å². The van der Waals surface area contributed by atoms with E-state index in [4.69, 9.17) is 5.11 Å². The molecule has 106 valence electrons. The number of hydrogen-bond donors (Lipinski definition) is 2. The normalized spacial score (nSPS) is 13.2. The fraction of sp³-hybridized carbons (Fsp3) is 0.562. The Morgan fingerprint density at radius 2 is 2.00 bits per heavy atom. The van der Waals surface area contributed by atoms with Gasteiger partial charge in [0.05, 0.1) is 12.5 Å². The fourth-order valence-electron chi connectivity index (χ4n) is 1.90. The zero-order chi connectivity index (χ0) is 14.6. The number of aliphatic hydroxyl groups excluding tert-OH is 1. The predicted molar refractivity (Wildman–Crippen MR) is 79.4 cm³/mol. The minimum absolute atomic E-state index is 0.102. The number of hydrogen-bond acceptors (Lipinski definition) is 2. The van der Waals surface area contributed by atoms with Crippen LogP contribution in [0.5, 0.6) is 0 Å². The average Bonchev–Trinajstić information content (AvgIpc) is 2.32. The summed E-state index contributed by atoms with van der Waals surface area (Å²) in [6.45, 7) is 10.3. The predicted octanol–water partition coefficient (Wildman–Crippen LogP) is 3.25. The molecule has 1 atom stereocenters. The van der Waals surface area contributed by atoms with Crippen LogP contribution in [0.2, 0.25) is 0 Å². The molecule has 0 aromatic heterocycles. The Morgan fingerprint density at radius 3 is 2.42 bits per heavy atom. The summed E-state index contributed by atoms with van der Waals surface area (Å²) in [7, 11) is 0. The minimum atomic E-state index is -0.332. The van der Waals surface area contributed by atoms with Crippen molar-refractivity contribution in [1.82, 2.24) is 0 Å². The van der Waals surface area contributed by atoms with Crippen LogP contribution in [-0.2, 0) is 10.2 Å². The maximum absolute atomic E-state index is 11.9. The lowest BCUT2D eigenvalue weighted by atomic mass is 9.86. The summed E-state index contributed by atoms with van der Waals surface area (Å²) < 4.78 is 0. The van der Waals surface area contributed by atoms with Crippen LogP contribution in [-0.4, -0.2) is 17.6 Å². The van der Waals surface area contributed by atoms with Crippen LogP contribution >= 0.6 is 0 Å². The first-order valence-corrected chi connectivity index (χ1v) is 6.82. The van der Waals surface area contributed by atoms with Crippen LogP contribution < -0.4 is 5.32 Å². The number of carbonyl (C=O) groups is 1. The van der Waals surface area contributed by atoms with E-state index in [9.17, 15) is 4.79 Å². The van der Waals surface area contributed by atoms with Gasteiger partial charge in [0.2, 0.25) is 5.91 Å². The van der Waals surface area contributed by atoms with Gasteiger partial charge in [-0.05, 0) is 36.0 Å². The highest BCUT2D eigenvalue weighted by atomic mass is 16.3. The lowest BCUT2D eigenvalue weighted by molar-refractivity contribution is -0.121. The number of rotatable bonds is 4. The summed E-state index contributed by atoms with van der Waals surface area (Å²) in [5, 5.41) is 12.0. The molecule has 1 amide bonds. The molecule has 1 unspecified atom stereocenters. The van der Waals surface area contributed by atoms with Crippen LogP contribution in [0.15, 0.2) is 18.2 Å². The largest absolute Gasteiger partial charge is 0.396 e. The molecule has 19 heavy (non-hydrogen) atoms. The van der Waals surface area contributed by atoms with Gasteiger partial charge in [0.25, 0.3) is 0 Å². The van der Waals surface area contributed by atoms with Crippen LogP contribution in [0, 0.1) is 12.8 Å². The SMILES string of the molecule is CCC(CO)C(=O)Nc1ccc(C(C)(C)C)cc1C. The van der Waals surface area contributed by atoms with Gasteiger partial charge in [0.1, 0.15) is 0 Å². The number of anilines is 1. The second-order valence-electron chi connectivity index (χ2n) is 6.06. The van der Waals surface area contributed by atoms with Crippen LogP contribution in [0.3, 0.4) is 0 Å². The summed E-state index contributed by atoms with van der Waals surface area (Å²) in [5.74, 6) is -0.446. The Labute approximate surface area is 116 Å². The highest BCUT2D eigenvalue weighted by molar-refractivity contribution is 5.93. The molecule has 1 aromatic rings. The van der Waals surface area contributed by atoms with Gasteiger partial charge in [-0.3, -0.25) is 4.79 Å². The molecule has 0 radical (unpaired) electrons. The van der Waals surface area contributed by atoms with E-state index in [-0.39, 0.29) is 23.8 Å². The third-order valence-electron chi connectivity index (χ3n) is 3.43. The zero-order valence-electron chi connectivity index (χ0n) is 12.6. The van der Waals surface area contributed by atoms with Crippen molar-refractivity contribution < 1.29 is 9.90 Å². The fourth-order valence-corrected chi connectivity index (χ4v) is 1.90. The number of aryl methyl sites for hydroxylation is 1. The number of carbonyl (C=O) groups excluding carboxylic acids is 1. The van der Waals surface area contributed by atoms with Gasteiger partial charge >= 0.3 is 0 Å². The summed E-state index contributed by atoms with van der Waals surface area (Å²) in [5.41, 5.74) is 3.22. The van der Waals surface area contributed by atoms with Crippen molar-refractivity contribution in [1.29, 1.82) is 0 Å². The van der Waals surface area contributed by atoms with Crippen molar-refractivity contribution in [2.45, 2.75) is 46.5 Å². The van der Waals surface area contributed by atoms with E-state index in [1.807, 2.05) is 26.0 Å². The second kappa shape index (κ2) is 6.20. The molecule has 3 heteroatoms. The highest BCUT2D eigenvalue weighted by Gasteiger charge is 2.18. The number of nitrogens with one attached hydrogen (secondary N) is 1. The van der Waals surface area contributed by atoms with Crippen molar-refractivity contribution >= 4 is 11.6 Å². The van der Waals surface area contributed by atoms with Gasteiger partial charge in [-0.15, -0.1) is 0 Å². The van der Waals surface area contributed by atoms with Crippen LogP contribution in [0.1, 0.15) is 45.2 Å². The molecule has 2 N–H and O–H groups in total. The zero-order valence-corrected chi connectivity index (χ0v) is 12.6. The summed E-state index contributed by atoms with van der Waals surface area (Å²) in [6, 6.07) is 6.09. The van der Waals surface area contributed by atoms with Gasteiger partial charge in [0, 0.05) is 5.69 Å². The van der Waals surface area contributed by atoms with E-state index in [1.165, 1.54) is 5.56 Å². The van der Waals surface area contributed by atoms with Crippen LogP contribution in [0.4, 0.5) is 5.69 Å². The van der Waals surface area contributed by atoms with E-state index < -0.39 is 0 Å².